The number of ether oxygens (including phenoxy) is 1. The van der Waals surface area contributed by atoms with Gasteiger partial charge in [0, 0.05) is 32.1 Å². The van der Waals surface area contributed by atoms with E-state index in [4.69, 9.17) is 9.73 Å². The molecule has 0 aromatic heterocycles. The van der Waals surface area contributed by atoms with Crippen molar-refractivity contribution in [3.63, 3.8) is 0 Å². The first-order valence-corrected chi connectivity index (χ1v) is 9.35. The number of hydrogen-bond donors (Lipinski definition) is 1. The van der Waals surface area contributed by atoms with E-state index < -0.39 is 0 Å². The molecule has 1 aliphatic heterocycles. The van der Waals surface area contributed by atoms with Crippen LogP contribution in [-0.2, 0) is 9.53 Å². The van der Waals surface area contributed by atoms with Gasteiger partial charge in [0.05, 0.1) is 13.0 Å². The number of rotatable bonds is 6. The first-order chi connectivity index (χ1) is 12.2. The summed E-state index contributed by atoms with van der Waals surface area (Å²) in [6.45, 7) is 7.60. The van der Waals surface area contributed by atoms with Crippen LogP contribution >= 0.6 is 0 Å². The Balaban J connectivity index is 2.00. The van der Waals surface area contributed by atoms with Crippen molar-refractivity contribution >= 4 is 11.9 Å². The molecule has 2 rings (SSSR count). The van der Waals surface area contributed by atoms with Crippen LogP contribution in [0.2, 0.25) is 0 Å². The van der Waals surface area contributed by atoms with Gasteiger partial charge in [0.15, 0.2) is 5.96 Å². The standard InChI is InChI=1S/C20H31N3O2/c1-4-16(17-9-7-6-8-10-17)15-22-20(21-5-2)23-13-11-18(12-14-23)19(24)25-3/h6-10,16,18H,4-5,11-15H2,1-3H3,(H,21,22). The Kier molecular flexibility index (Phi) is 7.76. The van der Waals surface area contributed by atoms with Gasteiger partial charge in [-0.1, -0.05) is 37.3 Å². The largest absolute Gasteiger partial charge is 0.469 e. The van der Waals surface area contributed by atoms with Crippen LogP contribution in [0, 0.1) is 5.92 Å². The minimum absolute atomic E-state index is 0.0248. The van der Waals surface area contributed by atoms with Crippen molar-refractivity contribution in [2.75, 3.05) is 33.3 Å². The SMILES string of the molecule is CCNC(=NCC(CC)c1ccccc1)N1CCC(C(=O)OC)CC1. The number of guanidine groups is 1. The average molecular weight is 345 g/mol. The highest BCUT2D eigenvalue weighted by Gasteiger charge is 2.27. The van der Waals surface area contributed by atoms with Gasteiger partial charge >= 0.3 is 5.97 Å². The van der Waals surface area contributed by atoms with Crippen molar-refractivity contribution in [1.29, 1.82) is 0 Å². The molecule has 0 aliphatic carbocycles. The van der Waals surface area contributed by atoms with Crippen LogP contribution in [0.1, 0.15) is 44.6 Å². The van der Waals surface area contributed by atoms with E-state index in [1.54, 1.807) is 0 Å². The fourth-order valence-electron chi connectivity index (χ4n) is 3.31. The second-order valence-electron chi connectivity index (χ2n) is 6.49. The highest BCUT2D eigenvalue weighted by molar-refractivity contribution is 5.80. The average Bonchev–Trinajstić information content (AvgIpc) is 2.68. The molecule has 1 aromatic rings. The minimum Gasteiger partial charge on any atom is -0.469 e. The summed E-state index contributed by atoms with van der Waals surface area (Å²) in [5, 5.41) is 3.40. The number of nitrogens with one attached hydrogen (secondary N) is 1. The third-order valence-electron chi connectivity index (χ3n) is 4.89. The second-order valence-corrected chi connectivity index (χ2v) is 6.49. The summed E-state index contributed by atoms with van der Waals surface area (Å²) in [5.74, 6) is 1.33. The highest BCUT2D eigenvalue weighted by atomic mass is 16.5. The maximum atomic E-state index is 11.7. The number of esters is 1. The van der Waals surface area contributed by atoms with Crippen LogP contribution in [0.15, 0.2) is 35.3 Å². The van der Waals surface area contributed by atoms with E-state index in [0.717, 1.165) is 51.4 Å². The lowest BCUT2D eigenvalue weighted by molar-refractivity contribution is -0.146. The topological polar surface area (TPSA) is 53.9 Å². The van der Waals surface area contributed by atoms with Gasteiger partial charge in [-0.15, -0.1) is 0 Å². The molecule has 1 fully saturated rings. The summed E-state index contributed by atoms with van der Waals surface area (Å²) in [6, 6.07) is 10.6. The molecule has 1 aliphatic rings. The number of hydrogen-bond acceptors (Lipinski definition) is 3. The van der Waals surface area contributed by atoms with Gasteiger partial charge in [0.25, 0.3) is 0 Å². The van der Waals surface area contributed by atoms with Gasteiger partial charge in [0.2, 0.25) is 0 Å². The quantitative estimate of drug-likeness (QED) is 0.489. The van der Waals surface area contributed by atoms with E-state index >= 15 is 0 Å². The molecule has 5 nitrogen and oxygen atoms in total. The second kappa shape index (κ2) is 10.1. The summed E-state index contributed by atoms with van der Waals surface area (Å²) in [4.78, 5) is 18.8. The summed E-state index contributed by atoms with van der Waals surface area (Å²) in [7, 11) is 1.47. The van der Waals surface area contributed by atoms with Gasteiger partial charge in [0.1, 0.15) is 0 Å². The Labute approximate surface area is 151 Å². The van der Waals surface area contributed by atoms with E-state index in [1.165, 1.54) is 12.7 Å². The molecule has 5 heteroatoms. The molecule has 1 N–H and O–H groups in total. The Morgan fingerprint density at radius 1 is 1.28 bits per heavy atom. The molecular weight excluding hydrogens is 314 g/mol. The Morgan fingerprint density at radius 3 is 2.52 bits per heavy atom. The highest BCUT2D eigenvalue weighted by Crippen LogP contribution is 2.21. The van der Waals surface area contributed by atoms with Crippen molar-refractivity contribution in [3.05, 3.63) is 35.9 Å². The number of piperidine rings is 1. The molecule has 1 atom stereocenters. The number of likely N-dealkylation sites (tertiary alicyclic amines) is 1. The van der Waals surface area contributed by atoms with E-state index in [1.807, 2.05) is 0 Å². The molecule has 1 aromatic carbocycles. The van der Waals surface area contributed by atoms with Crippen molar-refractivity contribution in [3.8, 4) is 0 Å². The number of carbonyl (C=O) groups is 1. The van der Waals surface area contributed by atoms with E-state index in [-0.39, 0.29) is 11.9 Å². The van der Waals surface area contributed by atoms with Gasteiger partial charge < -0.3 is 15.0 Å². The van der Waals surface area contributed by atoms with E-state index in [9.17, 15) is 4.79 Å². The molecule has 1 unspecified atom stereocenters. The first-order valence-electron chi connectivity index (χ1n) is 9.35. The summed E-state index contributed by atoms with van der Waals surface area (Å²) in [6.07, 6.45) is 2.72. The number of aliphatic imine (C=N–C) groups is 1. The summed E-state index contributed by atoms with van der Waals surface area (Å²) >= 11 is 0. The molecule has 0 bridgehead atoms. The molecule has 0 radical (unpaired) electrons. The zero-order valence-corrected chi connectivity index (χ0v) is 15.7. The van der Waals surface area contributed by atoms with Crippen LogP contribution in [-0.4, -0.2) is 50.1 Å². The van der Waals surface area contributed by atoms with Crippen LogP contribution in [0.4, 0.5) is 0 Å². The molecule has 0 spiro atoms. The molecule has 25 heavy (non-hydrogen) atoms. The molecule has 0 saturated carbocycles. The van der Waals surface area contributed by atoms with Crippen LogP contribution in [0.25, 0.3) is 0 Å². The monoisotopic (exact) mass is 345 g/mol. The Morgan fingerprint density at radius 2 is 1.96 bits per heavy atom. The molecule has 1 saturated heterocycles. The maximum Gasteiger partial charge on any atom is 0.308 e. The zero-order chi connectivity index (χ0) is 18.1. The fourth-order valence-corrected chi connectivity index (χ4v) is 3.31. The predicted octanol–water partition coefficient (Wildman–Crippen LogP) is 3.03. The van der Waals surface area contributed by atoms with Crippen molar-refractivity contribution in [2.24, 2.45) is 10.9 Å². The van der Waals surface area contributed by atoms with Gasteiger partial charge in [-0.25, -0.2) is 0 Å². The number of benzene rings is 1. The smallest absolute Gasteiger partial charge is 0.308 e. The number of nitrogens with zero attached hydrogens (tertiary/aromatic N) is 2. The van der Waals surface area contributed by atoms with Crippen molar-refractivity contribution in [1.82, 2.24) is 10.2 Å². The lowest BCUT2D eigenvalue weighted by Crippen LogP contribution is -2.46. The van der Waals surface area contributed by atoms with Gasteiger partial charge in [-0.2, -0.15) is 0 Å². The third-order valence-corrected chi connectivity index (χ3v) is 4.89. The fraction of sp³-hybridized carbons (Fsp3) is 0.600. The third kappa shape index (κ3) is 5.48. The van der Waals surface area contributed by atoms with Gasteiger partial charge in [-0.05, 0) is 31.7 Å². The number of carbonyl (C=O) groups excluding carboxylic acids is 1. The van der Waals surface area contributed by atoms with E-state index in [0.29, 0.717) is 5.92 Å². The van der Waals surface area contributed by atoms with E-state index in [2.05, 4.69) is 54.4 Å². The lowest BCUT2D eigenvalue weighted by atomic mass is 9.96. The summed E-state index contributed by atoms with van der Waals surface area (Å²) in [5.41, 5.74) is 1.34. The molecular formula is C20H31N3O2. The first kappa shape index (κ1) is 19.3. The predicted molar refractivity (Wildman–Crippen MR) is 102 cm³/mol. The zero-order valence-electron chi connectivity index (χ0n) is 15.7. The number of methoxy groups -OCH3 is 1. The lowest BCUT2D eigenvalue weighted by Gasteiger charge is -2.33. The van der Waals surface area contributed by atoms with Crippen LogP contribution in [0.5, 0.6) is 0 Å². The van der Waals surface area contributed by atoms with Crippen molar-refractivity contribution < 1.29 is 9.53 Å². The summed E-state index contributed by atoms with van der Waals surface area (Å²) < 4.78 is 4.87. The molecule has 138 valence electrons. The van der Waals surface area contributed by atoms with Crippen LogP contribution < -0.4 is 5.32 Å². The Hall–Kier alpha value is -2.04. The molecule has 1 heterocycles. The Bertz CT molecular complexity index is 551. The van der Waals surface area contributed by atoms with Gasteiger partial charge in [-0.3, -0.25) is 9.79 Å². The van der Waals surface area contributed by atoms with Crippen LogP contribution in [0.3, 0.4) is 0 Å². The maximum absolute atomic E-state index is 11.7. The molecule has 0 amide bonds. The van der Waals surface area contributed by atoms with Crippen molar-refractivity contribution in [2.45, 2.75) is 39.0 Å². The normalized spacial score (nSPS) is 17.2. The minimum atomic E-state index is -0.0864.